The van der Waals surface area contributed by atoms with Crippen molar-refractivity contribution in [1.82, 2.24) is 15.1 Å². The van der Waals surface area contributed by atoms with Crippen LogP contribution in [0.3, 0.4) is 0 Å². The van der Waals surface area contributed by atoms with E-state index in [4.69, 9.17) is 0 Å². The number of hydrogen-bond acceptors (Lipinski definition) is 4. The second-order valence-electron chi connectivity index (χ2n) is 8.88. The molecule has 0 bridgehead atoms. The molecule has 1 N–H and O–H groups in total. The van der Waals surface area contributed by atoms with Gasteiger partial charge in [0.05, 0.1) is 0 Å². The molecule has 2 aliphatic heterocycles. The van der Waals surface area contributed by atoms with Crippen molar-refractivity contribution in [3.8, 4) is 5.75 Å². The summed E-state index contributed by atoms with van der Waals surface area (Å²) in [6.45, 7) is 0.808. The number of alkyl halides is 3. The summed E-state index contributed by atoms with van der Waals surface area (Å²) in [4.78, 5) is 40.9. The van der Waals surface area contributed by atoms with Crippen LogP contribution in [0.2, 0.25) is 0 Å². The first-order chi connectivity index (χ1) is 15.2. The molecule has 1 aliphatic carbocycles. The van der Waals surface area contributed by atoms with Gasteiger partial charge in [-0.25, -0.2) is 4.79 Å². The van der Waals surface area contributed by atoms with E-state index >= 15 is 0 Å². The van der Waals surface area contributed by atoms with Gasteiger partial charge in [-0.05, 0) is 30.5 Å². The molecule has 1 saturated carbocycles. The van der Waals surface area contributed by atoms with Crippen molar-refractivity contribution >= 4 is 17.8 Å². The Morgan fingerprint density at radius 1 is 1.03 bits per heavy atom. The molecular formula is C22H26F3N3O4. The van der Waals surface area contributed by atoms with Crippen molar-refractivity contribution in [3.63, 3.8) is 0 Å². The molecule has 32 heavy (non-hydrogen) atoms. The molecular weight excluding hydrogens is 427 g/mol. The standard InChI is InChI=1S/C22H26F3N3O4/c23-22(24,25)32-17-7-5-15(6-8-17)12-27-13-16(11-18(27)29)14-28-19(30)21(26-20(28)31)9-3-1-2-4-10-21/h5-8,16H,1-4,9-14H2,(H,26,31). The Morgan fingerprint density at radius 2 is 1.69 bits per heavy atom. The number of nitrogens with zero attached hydrogens (tertiary/aromatic N) is 2. The molecule has 1 spiro atoms. The fourth-order valence-electron chi connectivity index (χ4n) is 4.92. The van der Waals surface area contributed by atoms with E-state index < -0.39 is 11.9 Å². The number of amides is 4. The zero-order valence-corrected chi connectivity index (χ0v) is 17.6. The van der Waals surface area contributed by atoms with Crippen molar-refractivity contribution in [2.24, 2.45) is 5.92 Å². The van der Waals surface area contributed by atoms with Crippen LogP contribution in [0.25, 0.3) is 0 Å². The topological polar surface area (TPSA) is 79.0 Å². The van der Waals surface area contributed by atoms with Crippen LogP contribution in [0.5, 0.6) is 5.75 Å². The van der Waals surface area contributed by atoms with Crippen LogP contribution < -0.4 is 10.1 Å². The third-order valence-corrected chi connectivity index (χ3v) is 6.47. The van der Waals surface area contributed by atoms with E-state index in [0.29, 0.717) is 24.9 Å². The molecule has 4 rings (SSSR count). The Labute approximate surface area is 183 Å². The van der Waals surface area contributed by atoms with E-state index in [0.717, 1.165) is 25.7 Å². The van der Waals surface area contributed by atoms with Crippen LogP contribution in [-0.4, -0.2) is 52.6 Å². The highest BCUT2D eigenvalue weighted by Crippen LogP contribution is 2.34. The van der Waals surface area contributed by atoms with Gasteiger partial charge in [-0.1, -0.05) is 37.8 Å². The molecule has 1 unspecified atom stereocenters. The number of hydrogen-bond donors (Lipinski definition) is 1. The van der Waals surface area contributed by atoms with E-state index in [9.17, 15) is 27.6 Å². The second kappa shape index (κ2) is 8.63. The summed E-state index contributed by atoms with van der Waals surface area (Å²) >= 11 is 0. The number of ether oxygens (including phenoxy) is 1. The molecule has 1 aromatic carbocycles. The van der Waals surface area contributed by atoms with Gasteiger partial charge in [0.15, 0.2) is 0 Å². The predicted octanol–water partition coefficient (Wildman–Crippen LogP) is 3.58. The van der Waals surface area contributed by atoms with Crippen LogP contribution in [-0.2, 0) is 16.1 Å². The van der Waals surface area contributed by atoms with Crippen LogP contribution in [0, 0.1) is 5.92 Å². The maximum absolute atomic E-state index is 13.1. The lowest BCUT2D eigenvalue weighted by molar-refractivity contribution is -0.274. The van der Waals surface area contributed by atoms with Crippen molar-refractivity contribution in [2.45, 2.75) is 63.4 Å². The molecule has 4 amide bonds. The lowest BCUT2D eigenvalue weighted by atomic mass is 9.90. The Bertz CT molecular complexity index is 879. The van der Waals surface area contributed by atoms with E-state index in [-0.39, 0.29) is 49.0 Å². The van der Waals surface area contributed by atoms with Gasteiger partial charge in [0.25, 0.3) is 5.91 Å². The smallest absolute Gasteiger partial charge is 0.406 e. The molecule has 1 atom stereocenters. The Morgan fingerprint density at radius 3 is 2.31 bits per heavy atom. The summed E-state index contributed by atoms with van der Waals surface area (Å²) in [6, 6.07) is 4.99. The minimum Gasteiger partial charge on any atom is -0.406 e. The summed E-state index contributed by atoms with van der Waals surface area (Å²) in [7, 11) is 0. The van der Waals surface area contributed by atoms with E-state index in [1.54, 1.807) is 4.90 Å². The third-order valence-electron chi connectivity index (χ3n) is 6.47. The monoisotopic (exact) mass is 453 g/mol. The molecule has 0 aromatic heterocycles. The number of rotatable bonds is 5. The summed E-state index contributed by atoms with van der Waals surface area (Å²) in [5, 5.41) is 2.91. The van der Waals surface area contributed by atoms with Crippen molar-refractivity contribution in [2.75, 3.05) is 13.1 Å². The highest BCUT2D eigenvalue weighted by Gasteiger charge is 2.51. The molecule has 3 fully saturated rings. The number of carbonyl (C=O) groups excluding carboxylic acids is 3. The van der Waals surface area contributed by atoms with Gasteiger partial charge in [-0.15, -0.1) is 13.2 Å². The summed E-state index contributed by atoms with van der Waals surface area (Å²) in [5.74, 6) is -0.791. The van der Waals surface area contributed by atoms with Crippen molar-refractivity contribution < 1.29 is 32.3 Å². The second-order valence-corrected chi connectivity index (χ2v) is 8.88. The minimum absolute atomic E-state index is 0.109. The fraction of sp³-hybridized carbons (Fsp3) is 0.591. The summed E-state index contributed by atoms with van der Waals surface area (Å²) in [6.07, 6.45) is 0.689. The van der Waals surface area contributed by atoms with Gasteiger partial charge < -0.3 is 15.0 Å². The molecule has 0 radical (unpaired) electrons. The lowest BCUT2D eigenvalue weighted by Crippen LogP contribution is -2.46. The molecule has 2 saturated heterocycles. The largest absolute Gasteiger partial charge is 0.573 e. The molecule has 3 aliphatic rings. The lowest BCUT2D eigenvalue weighted by Gasteiger charge is -2.25. The van der Waals surface area contributed by atoms with Gasteiger partial charge in [-0.3, -0.25) is 14.5 Å². The highest BCUT2D eigenvalue weighted by molar-refractivity contribution is 6.07. The highest BCUT2D eigenvalue weighted by atomic mass is 19.4. The van der Waals surface area contributed by atoms with Crippen LogP contribution in [0.4, 0.5) is 18.0 Å². The number of urea groups is 1. The van der Waals surface area contributed by atoms with E-state index in [1.165, 1.54) is 29.2 Å². The van der Waals surface area contributed by atoms with Crippen molar-refractivity contribution in [1.29, 1.82) is 0 Å². The first-order valence-corrected chi connectivity index (χ1v) is 10.9. The number of imide groups is 1. The normalized spacial score (nSPS) is 23.6. The Hall–Kier alpha value is -2.78. The molecule has 2 heterocycles. The van der Waals surface area contributed by atoms with Gasteiger partial charge >= 0.3 is 12.4 Å². The minimum atomic E-state index is -4.76. The quantitative estimate of drug-likeness (QED) is 0.692. The number of nitrogens with one attached hydrogen (secondary N) is 1. The Kier molecular flexibility index (Phi) is 6.05. The summed E-state index contributed by atoms with van der Waals surface area (Å²) in [5.41, 5.74) is -0.128. The average molecular weight is 453 g/mol. The third kappa shape index (κ3) is 4.83. The van der Waals surface area contributed by atoms with Crippen LogP contribution >= 0.6 is 0 Å². The molecule has 174 valence electrons. The fourth-order valence-corrected chi connectivity index (χ4v) is 4.92. The van der Waals surface area contributed by atoms with E-state index in [2.05, 4.69) is 10.1 Å². The van der Waals surface area contributed by atoms with Crippen LogP contribution in [0.15, 0.2) is 24.3 Å². The predicted molar refractivity (Wildman–Crippen MR) is 107 cm³/mol. The zero-order chi connectivity index (χ0) is 22.9. The van der Waals surface area contributed by atoms with Gasteiger partial charge in [0.2, 0.25) is 5.91 Å². The first kappa shape index (κ1) is 22.4. The van der Waals surface area contributed by atoms with Gasteiger partial charge in [-0.2, -0.15) is 0 Å². The maximum atomic E-state index is 13.1. The van der Waals surface area contributed by atoms with E-state index in [1.807, 2.05) is 0 Å². The number of carbonyl (C=O) groups is 3. The molecule has 7 nitrogen and oxygen atoms in total. The van der Waals surface area contributed by atoms with Crippen molar-refractivity contribution in [3.05, 3.63) is 29.8 Å². The van der Waals surface area contributed by atoms with Gasteiger partial charge in [0.1, 0.15) is 11.3 Å². The number of halogens is 3. The average Bonchev–Trinajstić information content (AvgIpc) is 3.03. The summed E-state index contributed by atoms with van der Waals surface area (Å²) < 4.78 is 40.7. The Balaban J connectivity index is 1.35. The number of likely N-dealkylation sites (tertiary alicyclic amines) is 1. The van der Waals surface area contributed by atoms with Gasteiger partial charge in [0, 0.05) is 32.0 Å². The molecule has 10 heteroatoms. The first-order valence-electron chi connectivity index (χ1n) is 10.9. The zero-order valence-electron chi connectivity index (χ0n) is 17.6. The van der Waals surface area contributed by atoms with Crippen LogP contribution in [0.1, 0.15) is 50.5 Å². The SMILES string of the molecule is O=C1CC(CN2C(=O)NC3(CCCCCC3)C2=O)CN1Cc1ccc(OC(F)(F)F)cc1. The number of benzene rings is 1. The maximum Gasteiger partial charge on any atom is 0.573 e. The molecule has 1 aromatic rings.